The first-order valence-electron chi connectivity index (χ1n) is 5.43. The summed E-state index contributed by atoms with van der Waals surface area (Å²) in [7, 11) is 0. The van der Waals surface area contributed by atoms with E-state index < -0.39 is 0 Å². The van der Waals surface area contributed by atoms with Gasteiger partial charge in [0.2, 0.25) is 0 Å². The van der Waals surface area contributed by atoms with Crippen molar-refractivity contribution in [1.82, 2.24) is 5.32 Å². The van der Waals surface area contributed by atoms with E-state index in [1.54, 1.807) is 0 Å². The molecule has 1 aromatic rings. The second-order valence-electron chi connectivity index (χ2n) is 3.62. The zero-order chi connectivity index (χ0) is 12.0. The van der Waals surface area contributed by atoms with E-state index in [4.69, 9.17) is 11.6 Å². The second kappa shape index (κ2) is 7.00. The van der Waals surface area contributed by atoms with Gasteiger partial charge in [-0.1, -0.05) is 37.2 Å². The predicted molar refractivity (Wildman–Crippen MR) is 74.3 cm³/mol. The lowest BCUT2D eigenvalue weighted by Gasteiger charge is -2.14. The van der Waals surface area contributed by atoms with E-state index in [1.165, 1.54) is 10.5 Å². The van der Waals surface area contributed by atoms with Gasteiger partial charge in [-0.05, 0) is 30.4 Å². The fourth-order valence-electron chi connectivity index (χ4n) is 1.40. The molecule has 1 atom stereocenters. The molecule has 1 unspecified atom stereocenters. The molecular formula is C13H18ClNS. The molecule has 1 N–H and O–H groups in total. The molecule has 0 heterocycles. The van der Waals surface area contributed by atoms with Crippen molar-refractivity contribution in [2.24, 2.45) is 0 Å². The Balaban J connectivity index is 2.55. The van der Waals surface area contributed by atoms with Crippen molar-refractivity contribution in [3.05, 3.63) is 41.4 Å². The summed E-state index contributed by atoms with van der Waals surface area (Å²) in [5.41, 5.74) is 1.28. The average Bonchev–Trinajstić information content (AvgIpc) is 2.27. The van der Waals surface area contributed by atoms with E-state index in [-0.39, 0.29) is 0 Å². The zero-order valence-electron chi connectivity index (χ0n) is 9.79. The van der Waals surface area contributed by atoms with Crippen LogP contribution in [0.1, 0.15) is 25.5 Å². The Bertz CT molecular complexity index is 334. The fraction of sp³-hybridized carbons (Fsp3) is 0.385. The van der Waals surface area contributed by atoms with Crippen molar-refractivity contribution in [2.45, 2.75) is 24.8 Å². The van der Waals surface area contributed by atoms with E-state index >= 15 is 0 Å². The maximum absolute atomic E-state index is 5.72. The van der Waals surface area contributed by atoms with Crippen LogP contribution in [0.15, 0.2) is 40.8 Å². The van der Waals surface area contributed by atoms with Gasteiger partial charge in [-0.2, -0.15) is 0 Å². The Morgan fingerprint density at radius 1 is 1.44 bits per heavy atom. The van der Waals surface area contributed by atoms with Crippen molar-refractivity contribution in [2.75, 3.05) is 12.3 Å². The van der Waals surface area contributed by atoms with E-state index in [9.17, 15) is 0 Å². The molecule has 1 aromatic carbocycles. The number of hydrogen-bond donors (Lipinski definition) is 1. The number of halogens is 1. The van der Waals surface area contributed by atoms with Crippen LogP contribution in [0.5, 0.6) is 0 Å². The Morgan fingerprint density at radius 2 is 2.06 bits per heavy atom. The van der Waals surface area contributed by atoms with Crippen molar-refractivity contribution in [3.63, 3.8) is 0 Å². The molecule has 0 aliphatic carbocycles. The maximum atomic E-state index is 5.72. The summed E-state index contributed by atoms with van der Waals surface area (Å²) in [6.45, 7) is 8.59. The Morgan fingerprint density at radius 3 is 2.56 bits per heavy atom. The smallest absolute Gasteiger partial charge is 0.0313 e. The van der Waals surface area contributed by atoms with Gasteiger partial charge in [-0.25, -0.2) is 0 Å². The van der Waals surface area contributed by atoms with Gasteiger partial charge in [0.15, 0.2) is 0 Å². The summed E-state index contributed by atoms with van der Waals surface area (Å²) in [5.74, 6) is 1.11. The molecule has 0 radical (unpaired) electrons. The highest BCUT2D eigenvalue weighted by Crippen LogP contribution is 2.20. The third kappa shape index (κ3) is 4.60. The van der Waals surface area contributed by atoms with E-state index in [0.29, 0.717) is 17.6 Å². The Kier molecular flexibility index (Phi) is 5.96. The van der Waals surface area contributed by atoms with Gasteiger partial charge in [0.05, 0.1) is 0 Å². The highest BCUT2D eigenvalue weighted by molar-refractivity contribution is 7.99. The standard InChI is InChI=1S/C13H18ClNS/c1-4-16-13-7-5-12(6-8-13)11(3)15-9-10(2)14/h5-8,11,15H,2,4,9H2,1,3H3. The van der Waals surface area contributed by atoms with Gasteiger partial charge in [-0.3, -0.25) is 0 Å². The molecule has 0 aliphatic heterocycles. The van der Waals surface area contributed by atoms with Crippen LogP contribution in [-0.2, 0) is 0 Å². The van der Waals surface area contributed by atoms with E-state index in [1.807, 2.05) is 11.8 Å². The number of nitrogens with one attached hydrogen (secondary N) is 1. The van der Waals surface area contributed by atoms with Crippen LogP contribution in [0.25, 0.3) is 0 Å². The molecule has 0 aromatic heterocycles. The number of thioether (sulfide) groups is 1. The van der Waals surface area contributed by atoms with Crippen LogP contribution in [-0.4, -0.2) is 12.3 Å². The Hall–Kier alpha value is -0.440. The van der Waals surface area contributed by atoms with Gasteiger partial charge in [0.1, 0.15) is 0 Å². The number of rotatable bonds is 6. The molecule has 0 saturated heterocycles. The molecule has 1 rings (SSSR count). The van der Waals surface area contributed by atoms with Gasteiger partial charge < -0.3 is 5.32 Å². The SMILES string of the molecule is C=C(Cl)CNC(C)c1ccc(SCC)cc1. The highest BCUT2D eigenvalue weighted by Gasteiger charge is 2.04. The van der Waals surface area contributed by atoms with Crippen molar-refractivity contribution in [3.8, 4) is 0 Å². The Labute approximate surface area is 107 Å². The van der Waals surface area contributed by atoms with Crippen LogP contribution in [0, 0.1) is 0 Å². The molecular weight excluding hydrogens is 238 g/mol. The van der Waals surface area contributed by atoms with Crippen molar-refractivity contribution < 1.29 is 0 Å². The molecule has 1 nitrogen and oxygen atoms in total. The van der Waals surface area contributed by atoms with E-state index in [2.05, 4.69) is 50.0 Å². The molecule has 3 heteroatoms. The maximum Gasteiger partial charge on any atom is 0.0313 e. The molecule has 0 fully saturated rings. The molecule has 0 bridgehead atoms. The minimum atomic E-state index is 0.302. The summed E-state index contributed by atoms with van der Waals surface area (Å²) >= 11 is 7.57. The number of benzene rings is 1. The minimum Gasteiger partial charge on any atom is -0.305 e. The number of hydrogen-bond acceptors (Lipinski definition) is 2. The first-order valence-corrected chi connectivity index (χ1v) is 6.79. The first kappa shape index (κ1) is 13.6. The summed E-state index contributed by atoms with van der Waals surface area (Å²) in [6.07, 6.45) is 0. The third-order valence-electron chi connectivity index (χ3n) is 2.29. The minimum absolute atomic E-state index is 0.302. The lowest BCUT2D eigenvalue weighted by atomic mass is 10.1. The monoisotopic (exact) mass is 255 g/mol. The summed E-state index contributed by atoms with van der Waals surface area (Å²) in [4.78, 5) is 1.32. The van der Waals surface area contributed by atoms with Crippen molar-refractivity contribution >= 4 is 23.4 Å². The highest BCUT2D eigenvalue weighted by atomic mass is 35.5. The summed E-state index contributed by atoms with van der Waals surface area (Å²) < 4.78 is 0. The molecule has 0 aliphatic rings. The summed E-state index contributed by atoms with van der Waals surface area (Å²) in [6, 6.07) is 8.95. The molecule has 0 saturated carbocycles. The van der Waals surface area contributed by atoms with E-state index in [0.717, 1.165) is 5.75 Å². The van der Waals surface area contributed by atoms with Crippen LogP contribution >= 0.6 is 23.4 Å². The van der Waals surface area contributed by atoms with Gasteiger partial charge in [-0.15, -0.1) is 11.8 Å². The lowest BCUT2D eigenvalue weighted by molar-refractivity contribution is 0.614. The quantitative estimate of drug-likeness (QED) is 0.765. The van der Waals surface area contributed by atoms with Crippen molar-refractivity contribution in [1.29, 1.82) is 0 Å². The molecule has 0 spiro atoms. The summed E-state index contributed by atoms with van der Waals surface area (Å²) in [5, 5.41) is 3.96. The molecule has 16 heavy (non-hydrogen) atoms. The van der Waals surface area contributed by atoms with Crippen LogP contribution < -0.4 is 5.32 Å². The topological polar surface area (TPSA) is 12.0 Å². The first-order chi connectivity index (χ1) is 7.63. The zero-order valence-corrected chi connectivity index (χ0v) is 11.4. The van der Waals surface area contributed by atoms with Gasteiger partial charge in [0.25, 0.3) is 0 Å². The normalized spacial score (nSPS) is 12.4. The van der Waals surface area contributed by atoms with Crippen LogP contribution in [0.4, 0.5) is 0 Å². The van der Waals surface area contributed by atoms with Crippen LogP contribution in [0.2, 0.25) is 0 Å². The third-order valence-corrected chi connectivity index (χ3v) is 3.32. The predicted octanol–water partition coefficient (Wildman–Crippen LogP) is 4.20. The van der Waals surface area contributed by atoms with Crippen LogP contribution in [0.3, 0.4) is 0 Å². The second-order valence-corrected chi connectivity index (χ2v) is 5.49. The average molecular weight is 256 g/mol. The lowest BCUT2D eigenvalue weighted by Crippen LogP contribution is -2.19. The molecule has 88 valence electrons. The fourth-order valence-corrected chi connectivity index (χ4v) is 2.14. The largest absolute Gasteiger partial charge is 0.305 e. The van der Waals surface area contributed by atoms with Gasteiger partial charge in [0, 0.05) is 22.5 Å². The van der Waals surface area contributed by atoms with Gasteiger partial charge >= 0.3 is 0 Å². The molecule has 0 amide bonds.